The number of hydrogen-bond acceptors (Lipinski definition) is 4. The van der Waals surface area contributed by atoms with Crippen molar-refractivity contribution in [1.29, 1.82) is 0 Å². The Morgan fingerprint density at radius 1 is 1.07 bits per heavy atom. The van der Waals surface area contributed by atoms with Gasteiger partial charge in [-0.2, -0.15) is 5.10 Å². The zero-order valence-electron chi connectivity index (χ0n) is 16.4. The maximum Gasteiger partial charge on any atom is 0.260 e. The summed E-state index contributed by atoms with van der Waals surface area (Å²) in [6.07, 6.45) is 0.839. The van der Waals surface area contributed by atoms with Crippen LogP contribution < -0.4 is 9.64 Å². The molecule has 156 valence electrons. The molecule has 1 fully saturated rings. The minimum absolute atomic E-state index is 0.0608. The molecule has 3 aromatic rings. The summed E-state index contributed by atoms with van der Waals surface area (Å²) < 4.78 is 18.5. The van der Waals surface area contributed by atoms with Gasteiger partial charge >= 0.3 is 0 Å². The average molecular weight is 429 g/mol. The summed E-state index contributed by atoms with van der Waals surface area (Å²) >= 11 is 5.96. The second kappa shape index (κ2) is 9.17. The molecule has 1 N–H and O–H groups in total. The van der Waals surface area contributed by atoms with Crippen LogP contribution in [-0.2, 0) is 4.79 Å². The minimum Gasteiger partial charge on any atom is -0.484 e. The molecular formula is C22H22ClFN4O2. The van der Waals surface area contributed by atoms with E-state index in [1.807, 2.05) is 30.3 Å². The molecule has 0 aliphatic carbocycles. The predicted molar refractivity (Wildman–Crippen MR) is 114 cm³/mol. The smallest absolute Gasteiger partial charge is 0.260 e. The van der Waals surface area contributed by atoms with Crippen molar-refractivity contribution in [3.05, 3.63) is 65.4 Å². The lowest BCUT2D eigenvalue weighted by Crippen LogP contribution is -2.38. The summed E-state index contributed by atoms with van der Waals surface area (Å²) in [5.74, 6) is 0.924. The van der Waals surface area contributed by atoms with Gasteiger partial charge in [-0.05, 0) is 48.4 Å². The highest BCUT2D eigenvalue weighted by atomic mass is 35.5. The van der Waals surface area contributed by atoms with Crippen molar-refractivity contribution in [2.24, 2.45) is 0 Å². The van der Waals surface area contributed by atoms with Crippen LogP contribution in [0, 0.1) is 5.82 Å². The number of nitrogens with one attached hydrogen (secondary N) is 1. The molecule has 1 aliphatic heterocycles. The Balaban J connectivity index is 1.33. The fraction of sp³-hybridized carbons (Fsp3) is 0.273. The molecule has 1 amide bonds. The maximum atomic E-state index is 13.0. The molecular weight excluding hydrogens is 407 g/mol. The van der Waals surface area contributed by atoms with E-state index < -0.39 is 0 Å². The highest BCUT2D eigenvalue weighted by Crippen LogP contribution is 2.24. The third-order valence-corrected chi connectivity index (χ3v) is 5.32. The Labute approximate surface area is 179 Å². The Kier molecular flexibility index (Phi) is 6.18. The molecule has 30 heavy (non-hydrogen) atoms. The number of aromatic nitrogens is 2. The molecule has 0 spiro atoms. The van der Waals surface area contributed by atoms with Crippen molar-refractivity contribution in [3.8, 4) is 17.0 Å². The van der Waals surface area contributed by atoms with E-state index in [-0.39, 0.29) is 18.3 Å². The van der Waals surface area contributed by atoms with Gasteiger partial charge in [0.25, 0.3) is 5.91 Å². The molecule has 2 aromatic carbocycles. The van der Waals surface area contributed by atoms with Gasteiger partial charge in [-0.3, -0.25) is 9.89 Å². The molecule has 1 aliphatic rings. The molecule has 0 bridgehead atoms. The Morgan fingerprint density at radius 2 is 1.83 bits per heavy atom. The van der Waals surface area contributed by atoms with Gasteiger partial charge in [-0.25, -0.2) is 4.39 Å². The summed E-state index contributed by atoms with van der Waals surface area (Å²) in [6, 6.07) is 15.3. The van der Waals surface area contributed by atoms with Crippen molar-refractivity contribution >= 4 is 23.3 Å². The van der Waals surface area contributed by atoms with Gasteiger partial charge in [0.15, 0.2) is 12.4 Å². The fourth-order valence-corrected chi connectivity index (χ4v) is 3.54. The number of rotatable bonds is 5. The molecule has 1 aromatic heterocycles. The van der Waals surface area contributed by atoms with Gasteiger partial charge in [0.1, 0.15) is 11.6 Å². The summed E-state index contributed by atoms with van der Waals surface area (Å²) in [5.41, 5.74) is 1.94. The molecule has 1 saturated heterocycles. The zero-order valence-corrected chi connectivity index (χ0v) is 17.1. The number of amides is 1. The van der Waals surface area contributed by atoms with Crippen LogP contribution >= 0.6 is 11.6 Å². The second-order valence-corrected chi connectivity index (χ2v) is 7.55. The van der Waals surface area contributed by atoms with Gasteiger partial charge < -0.3 is 14.5 Å². The first-order chi connectivity index (χ1) is 14.6. The van der Waals surface area contributed by atoms with E-state index in [9.17, 15) is 9.18 Å². The summed E-state index contributed by atoms with van der Waals surface area (Å²) in [6.45, 7) is 2.70. The summed E-state index contributed by atoms with van der Waals surface area (Å²) in [7, 11) is 0. The Bertz CT molecular complexity index is 991. The molecule has 4 rings (SSSR count). The molecule has 0 saturated carbocycles. The second-order valence-electron chi connectivity index (χ2n) is 7.11. The minimum atomic E-state index is -0.334. The predicted octanol–water partition coefficient (Wildman–Crippen LogP) is 3.99. The first kappa shape index (κ1) is 20.2. The molecule has 0 radical (unpaired) electrons. The molecule has 0 atom stereocenters. The third-order valence-electron chi connectivity index (χ3n) is 5.07. The lowest BCUT2D eigenvalue weighted by atomic mass is 10.1. The zero-order chi connectivity index (χ0) is 20.9. The average Bonchev–Trinajstić information content (AvgIpc) is 3.11. The highest BCUT2D eigenvalue weighted by Gasteiger charge is 2.21. The first-order valence-corrected chi connectivity index (χ1v) is 10.2. The molecule has 0 unspecified atom stereocenters. The number of carbonyl (C=O) groups is 1. The van der Waals surface area contributed by atoms with Crippen LogP contribution in [0.3, 0.4) is 0 Å². The van der Waals surface area contributed by atoms with E-state index >= 15 is 0 Å². The lowest BCUT2D eigenvalue weighted by Gasteiger charge is -2.22. The number of ether oxygens (including phenoxy) is 1. The van der Waals surface area contributed by atoms with Crippen molar-refractivity contribution in [2.75, 3.05) is 37.7 Å². The SMILES string of the molecule is O=C(COc1ccc(F)cc1)N1CCCN(c2cc(-c3ccc(Cl)cc3)[nH]n2)CC1. The van der Waals surface area contributed by atoms with E-state index in [0.717, 1.165) is 30.0 Å². The first-order valence-electron chi connectivity index (χ1n) is 9.81. The van der Waals surface area contributed by atoms with Crippen molar-refractivity contribution in [3.63, 3.8) is 0 Å². The molecule has 8 heteroatoms. The number of carbonyl (C=O) groups excluding carboxylic acids is 1. The number of nitrogens with zero attached hydrogens (tertiary/aromatic N) is 3. The quantitative estimate of drug-likeness (QED) is 0.667. The normalized spacial score (nSPS) is 14.5. The number of halogens is 2. The fourth-order valence-electron chi connectivity index (χ4n) is 3.41. The Morgan fingerprint density at radius 3 is 2.60 bits per heavy atom. The largest absolute Gasteiger partial charge is 0.484 e. The van der Waals surface area contributed by atoms with E-state index in [4.69, 9.17) is 16.3 Å². The van der Waals surface area contributed by atoms with Gasteiger partial charge in [0.2, 0.25) is 0 Å². The number of aromatic amines is 1. The van der Waals surface area contributed by atoms with Gasteiger partial charge in [0, 0.05) is 37.3 Å². The van der Waals surface area contributed by atoms with Gasteiger partial charge in [-0.1, -0.05) is 23.7 Å². The third kappa shape index (κ3) is 4.91. The van der Waals surface area contributed by atoms with Gasteiger partial charge in [0.05, 0.1) is 5.69 Å². The van der Waals surface area contributed by atoms with Crippen LogP contribution in [0.4, 0.5) is 10.2 Å². The van der Waals surface area contributed by atoms with Crippen LogP contribution in [-0.4, -0.2) is 53.8 Å². The van der Waals surface area contributed by atoms with E-state index in [0.29, 0.717) is 30.4 Å². The van der Waals surface area contributed by atoms with E-state index in [1.165, 1.54) is 24.3 Å². The number of hydrogen-bond donors (Lipinski definition) is 1. The molecule has 6 nitrogen and oxygen atoms in total. The van der Waals surface area contributed by atoms with Crippen LogP contribution in [0.25, 0.3) is 11.3 Å². The number of benzene rings is 2. The summed E-state index contributed by atoms with van der Waals surface area (Å²) in [5, 5.41) is 8.21. The molecule has 2 heterocycles. The van der Waals surface area contributed by atoms with E-state index in [2.05, 4.69) is 15.1 Å². The number of anilines is 1. The van der Waals surface area contributed by atoms with Crippen LogP contribution in [0.1, 0.15) is 6.42 Å². The van der Waals surface area contributed by atoms with Crippen LogP contribution in [0.5, 0.6) is 5.75 Å². The van der Waals surface area contributed by atoms with E-state index in [1.54, 1.807) is 4.90 Å². The summed E-state index contributed by atoms with van der Waals surface area (Å²) in [4.78, 5) is 16.5. The van der Waals surface area contributed by atoms with Crippen LogP contribution in [0.2, 0.25) is 5.02 Å². The highest BCUT2D eigenvalue weighted by molar-refractivity contribution is 6.30. The Hall–Kier alpha value is -3.06. The van der Waals surface area contributed by atoms with Crippen molar-refractivity contribution in [2.45, 2.75) is 6.42 Å². The van der Waals surface area contributed by atoms with Crippen molar-refractivity contribution in [1.82, 2.24) is 15.1 Å². The standard InChI is InChI=1S/C22H22ClFN4O2/c23-17-4-2-16(3-5-17)20-14-21(26-25-20)27-10-1-11-28(13-12-27)22(29)15-30-19-8-6-18(24)7-9-19/h2-9,14H,1,10-13,15H2,(H,25,26). The topological polar surface area (TPSA) is 61.5 Å². The monoisotopic (exact) mass is 428 g/mol. The van der Waals surface area contributed by atoms with Crippen LogP contribution in [0.15, 0.2) is 54.6 Å². The lowest BCUT2D eigenvalue weighted by molar-refractivity contribution is -0.133. The van der Waals surface area contributed by atoms with Gasteiger partial charge in [-0.15, -0.1) is 0 Å². The maximum absolute atomic E-state index is 13.0. The number of H-pyrrole nitrogens is 1. The van der Waals surface area contributed by atoms with Crippen molar-refractivity contribution < 1.29 is 13.9 Å².